The number of benzene rings is 2. The van der Waals surface area contributed by atoms with Crippen molar-refractivity contribution in [2.24, 2.45) is 0 Å². The Hall–Kier alpha value is -2.56. The summed E-state index contributed by atoms with van der Waals surface area (Å²) < 4.78 is 35.1. The molecule has 0 unspecified atom stereocenters. The number of ether oxygens (including phenoxy) is 1. The molecular weight excluding hydrogens is 470 g/mol. The van der Waals surface area contributed by atoms with Gasteiger partial charge in [0.25, 0.3) is 0 Å². The minimum Gasteiger partial charge on any atom is -0.490 e. The molecule has 3 aromatic rings. The second kappa shape index (κ2) is 8.28. The van der Waals surface area contributed by atoms with Crippen LogP contribution in [0.1, 0.15) is 12.8 Å². The number of hydrogen-bond acceptors (Lipinski definition) is 8. The first-order chi connectivity index (χ1) is 16.5. The molecule has 0 radical (unpaired) electrons. The van der Waals surface area contributed by atoms with Gasteiger partial charge in [-0.1, -0.05) is 12.1 Å². The molecular formula is C24H27N5O3S2. The molecule has 2 aromatic carbocycles. The van der Waals surface area contributed by atoms with Crippen LogP contribution in [0, 0.1) is 0 Å². The Morgan fingerprint density at radius 2 is 1.82 bits per heavy atom. The fourth-order valence-electron chi connectivity index (χ4n) is 5.14. The van der Waals surface area contributed by atoms with Gasteiger partial charge in [-0.2, -0.15) is 4.31 Å². The van der Waals surface area contributed by atoms with E-state index in [2.05, 4.69) is 14.8 Å². The maximum atomic E-state index is 13.8. The number of nitrogens with zero attached hydrogens (tertiary/aromatic N) is 5. The average molecular weight is 498 g/mol. The smallest absolute Gasteiger partial charge is 0.244 e. The monoisotopic (exact) mass is 497 g/mol. The summed E-state index contributed by atoms with van der Waals surface area (Å²) in [6.07, 6.45) is 3.31. The Morgan fingerprint density at radius 1 is 1.03 bits per heavy atom. The lowest BCUT2D eigenvalue weighted by atomic mass is 10.0. The highest BCUT2D eigenvalue weighted by Gasteiger charge is 2.50. The number of anilines is 2. The van der Waals surface area contributed by atoms with Crippen LogP contribution in [-0.2, 0) is 10.0 Å². The number of rotatable bonds is 3. The quantitative estimate of drug-likeness (QED) is 0.546. The lowest BCUT2D eigenvalue weighted by Crippen LogP contribution is -2.52. The van der Waals surface area contributed by atoms with Gasteiger partial charge in [0, 0.05) is 38.5 Å². The van der Waals surface area contributed by atoms with Crippen LogP contribution >= 0.6 is 11.8 Å². The van der Waals surface area contributed by atoms with Crippen LogP contribution < -0.4 is 14.5 Å². The van der Waals surface area contributed by atoms with Crippen molar-refractivity contribution in [1.82, 2.24) is 14.3 Å². The van der Waals surface area contributed by atoms with Gasteiger partial charge < -0.3 is 14.5 Å². The lowest BCUT2D eigenvalue weighted by Gasteiger charge is -2.43. The van der Waals surface area contributed by atoms with E-state index < -0.39 is 14.9 Å². The zero-order valence-electron chi connectivity index (χ0n) is 19.1. The van der Waals surface area contributed by atoms with Crippen LogP contribution in [0.2, 0.25) is 0 Å². The van der Waals surface area contributed by atoms with Crippen LogP contribution in [0.5, 0.6) is 5.75 Å². The number of piperidine rings is 1. The zero-order chi connectivity index (χ0) is 23.3. The minimum absolute atomic E-state index is 0.311. The van der Waals surface area contributed by atoms with Crippen molar-refractivity contribution in [3.63, 3.8) is 0 Å². The molecule has 1 spiro atoms. The molecule has 0 atom stereocenters. The highest BCUT2D eigenvalue weighted by atomic mass is 32.2. The van der Waals surface area contributed by atoms with Crippen molar-refractivity contribution < 1.29 is 13.2 Å². The molecule has 8 nitrogen and oxygen atoms in total. The Balaban J connectivity index is 1.24. The molecule has 10 heteroatoms. The molecule has 1 aromatic heterocycles. The van der Waals surface area contributed by atoms with Crippen molar-refractivity contribution >= 4 is 44.3 Å². The predicted octanol–water partition coefficient (Wildman–Crippen LogP) is 3.19. The van der Waals surface area contributed by atoms with Crippen molar-refractivity contribution in [3.05, 3.63) is 48.7 Å². The summed E-state index contributed by atoms with van der Waals surface area (Å²) in [5.74, 6) is 2.29. The van der Waals surface area contributed by atoms with Crippen LogP contribution in [0.3, 0.4) is 0 Å². The molecule has 3 aliphatic rings. The zero-order valence-corrected chi connectivity index (χ0v) is 20.7. The number of sulfonamides is 1. The molecule has 178 valence electrons. The van der Waals surface area contributed by atoms with E-state index in [-0.39, 0.29) is 0 Å². The molecule has 0 bridgehead atoms. The van der Waals surface area contributed by atoms with E-state index in [1.54, 1.807) is 28.2 Å². The van der Waals surface area contributed by atoms with Gasteiger partial charge in [0.1, 0.15) is 18.2 Å². The molecule has 4 heterocycles. The lowest BCUT2D eigenvalue weighted by molar-refractivity contribution is 0.265. The molecule has 0 N–H and O–H groups in total. The van der Waals surface area contributed by atoms with Gasteiger partial charge in [-0.25, -0.2) is 13.4 Å². The van der Waals surface area contributed by atoms with Gasteiger partial charge in [-0.15, -0.1) is 11.8 Å². The molecule has 6 rings (SSSR count). The summed E-state index contributed by atoms with van der Waals surface area (Å²) in [6, 6.07) is 13.1. The fourth-order valence-corrected chi connectivity index (χ4v) is 8.77. The topological polar surface area (TPSA) is 78.9 Å². The van der Waals surface area contributed by atoms with Crippen LogP contribution in [0.4, 0.5) is 11.5 Å². The number of para-hydroxylation sites is 2. The Bertz CT molecular complexity index is 1340. The number of aromatic nitrogens is 2. The Labute approximate surface area is 204 Å². The summed E-state index contributed by atoms with van der Waals surface area (Å²) in [4.78, 5) is 13.5. The van der Waals surface area contributed by atoms with E-state index in [0.717, 1.165) is 60.8 Å². The third-order valence-corrected chi connectivity index (χ3v) is 10.7. The van der Waals surface area contributed by atoms with Crippen molar-refractivity contribution in [2.45, 2.75) is 22.6 Å². The number of thioether (sulfide) groups is 1. The molecule has 0 aliphatic carbocycles. The molecule has 34 heavy (non-hydrogen) atoms. The van der Waals surface area contributed by atoms with Crippen LogP contribution in [0.15, 0.2) is 53.6 Å². The minimum atomic E-state index is -3.64. The first-order valence-corrected chi connectivity index (χ1v) is 14.0. The fraction of sp³-hybridized carbons (Fsp3) is 0.417. The molecule has 2 fully saturated rings. The molecule has 0 amide bonds. The number of hydrogen-bond donors (Lipinski definition) is 0. The standard InChI is InChI=1S/C24H27N5O3S2/c1-27-12-14-32-22-16-18(6-7-21(22)27)34(30,31)29-13-15-33-24(29)8-10-28(11-9-24)23-17-25-19-4-2-3-5-20(19)26-23/h2-7,16-17H,8-15H2,1H3. The second-order valence-corrected chi connectivity index (χ2v) is 12.3. The molecule has 3 aliphatic heterocycles. The summed E-state index contributed by atoms with van der Waals surface area (Å²) >= 11 is 1.77. The first kappa shape index (κ1) is 21.9. The molecule has 2 saturated heterocycles. The summed E-state index contributed by atoms with van der Waals surface area (Å²) in [6.45, 7) is 3.36. The van der Waals surface area contributed by atoms with Gasteiger partial charge in [0.05, 0.1) is 39.2 Å². The second-order valence-electron chi connectivity index (χ2n) is 8.98. The van der Waals surface area contributed by atoms with Gasteiger partial charge in [-0.3, -0.25) is 4.98 Å². The predicted molar refractivity (Wildman–Crippen MR) is 135 cm³/mol. The van der Waals surface area contributed by atoms with E-state index in [1.165, 1.54) is 0 Å². The van der Waals surface area contributed by atoms with Gasteiger partial charge in [0.2, 0.25) is 10.0 Å². The normalized spacial score (nSPS) is 20.5. The van der Waals surface area contributed by atoms with Gasteiger partial charge in [0.15, 0.2) is 0 Å². The van der Waals surface area contributed by atoms with Crippen molar-refractivity contribution in [3.8, 4) is 5.75 Å². The Morgan fingerprint density at radius 3 is 2.65 bits per heavy atom. The van der Waals surface area contributed by atoms with Crippen molar-refractivity contribution in [2.75, 3.05) is 55.4 Å². The SMILES string of the molecule is CN1CCOc2cc(S(=O)(=O)N3CCSC34CCN(c3cnc5ccccc5n3)CC4)ccc21. The third kappa shape index (κ3) is 3.59. The summed E-state index contributed by atoms with van der Waals surface area (Å²) in [5.41, 5.74) is 2.68. The van der Waals surface area contributed by atoms with E-state index >= 15 is 0 Å². The van der Waals surface area contributed by atoms with Crippen LogP contribution in [0.25, 0.3) is 11.0 Å². The molecule has 0 saturated carbocycles. The average Bonchev–Trinajstić information content (AvgIpc) is 3.28. The summed E-state index contributed by atoms with van der Waals surface area (Å²) in [5, 5.41) is 0. The Kier molecular flexibility index (Phi) is 5.34. The maximum Gasteiger partial charge on any atom is 0.244 e. The van der Waals surface area contributed by atoms with E-state index in [0.29, 0.717) is 23.8 Å². The highest BCUT2D eigenvalue weighted by Crippen LogP contribution is 2.47. The van der Waals surface area contributed by atoms with E-state index in [1.807, 2.05) is 43.6 Å². The number of likely N-dealkylation sites (N-methyl/N-ethyl adjacent to an activating group) is 1. The maximum absolute atomic E-state index is 13.8. The largest absolute Gasteiger partial charge is 0.490 e. The number of fused-ring (bicyclic) bond motifs is 2. The van der Waals surface area contributed by atoms with Gasteiger partial charge in [-0.05, 0) is 37.1 Å². The third-order valence-electron chi connectivity index (χ3n) is 7.04. The summed E-state index contributed by atoms with van der Waals surface area (Å²) in [7, 11) is -1.65. The first-order valence-electron chi connectivity index (χ1n) is 11.6. The van der Waals surface area contributed by atoms with Crippen molar-refractivity contribution in [1.29, 1.82) is 0 Å². The van der Waals surface area contributed by atoms with E-state index in [4.69, 9.17) is 9.72 Å². The highest BCUT2D eigenvalue weighted by molar-refractivity contribution is 8.02. The van der Waals surface area contributed by atoms with Crippen LogP contribution in [-0.4, -0.2) is 73.1 Å². The van der Waals surface area contributed by atoms with Gasteiger partial charge >= 0.3 is 0 Å². The van der Waals surface area contributed by atoms with E-state index in [9.17, 15) is 8.42 Å².